The van der Waals surface area contributed by atoms with Gasteiger partial charge in [0.05, 0.1) is 6.10 Å². The first-order valence-electron chi connectivity index (χ1n) is 4.81. The summed E-state index contributed by atoms with van der Waals surface area (Å²) in [4.78, 5) is 24.1. The molecule has 4 nitrogen and oxygen atoms in total. The van der Waals surface area contributed by atoms with Crippen molar-refractivity contribution in [1.29, 1.82) is 0 Å². The molecule has 0 radical (unpaired) electrons. The van der Waals surface area contributed by atoms with Crippen LogP contribution in [0.2, 0.25) is 0 Å². The Labute approximate surface area is 88.0 Å². The highest BCUT2D eigenvalue weighted by molar-refractivity contribution is 5.91. The third-order valence-electron chi connectivity index (χ3n) is 1.71. The second kappa shape index (κ2) is 7.96. The Hall–Kier alpha value is -1.39. The third kappa shape index (κ3) is 7.66. The summed E-state index contributed by atoms with van der Waals surface area (Å²) in [6.07, 6.45) is 4.06. The molecule has 0 aromatic rings. The number of carbonyl (C=O) groups excluding carboxylic acids is 2. The molecule has 0 aliphatic heterocycles. The van der Waals surface area contributed by atoms with E-state index in [-0.39, 0.29) is 6.10 Å². The van der Waals surface area contributed by atoms with E-state index in [0.717, 1.165) is 25.3 Å². The quantitative estimate of drug-likeness (QED) is 0.506. The predicted octanol–water partition coefficient (Wildman–Crippen LogP) is 2.09. The number of halogens is 1. The summed E-state index contributed by atoms with van der Waals surface area (Å²) < 4.78 is 16.1. The van der Waals surface area contributed by atoms with Crippen LogP contribution in [0.1, 0.15) is 33.1 Å². The Balaban J connectivity index is 3.82. The van der Waals surface area contributed by atoms with Gasteiger partial charge in [-0.15, -0.1) is 0 Å². The molecule has 1 atom stereocenters. The van der Waals surface area contributed by atoms with Gasteiger partial charge in [-0.2, -0.15) is 0 Å². The molecule has 0 aliphatic carbocycles. The van der Waals surface area contributed by atoms with Crippen molar-refractivity contribution in [3.05, 3.63) is 12.2 Å². The van der Waals surface area contributed by atoms with E-state index < -0.39 is 11.9 Å². The number of unbranched alkanes of at least 4 members (excludes halogenated alkanes) is 1. The van der Waals surface area contributed by atoms with Crippen LogP contribution in [0, 0.1) is 0 Å². The van der Waals surface area contributed by atoms with Crippen LogP contribution in [0.5, 0.6) is 0 Å². The molecule has 0 aromatic carbocycles. The van der Waals surface area contributed by atoms with E-state index in [4.69, 9.17) is 4.74 Å². The minimum Gasteiger partial charge on any atom is -0.460 e. The first kappa shape index (κ1) is 13.6. The minimum atomic E-state index is -1.23. The standard InChI is InChI=1S/C10H15FO4/c1-3-4-5-8(2)14-9(12)6-7-10(13)15-11/h6-8H,3-5H2,1-2H3/b7-6-. The van der Waals surface area contributed by atoms with Crippen LogP contribution in [-0.4, -0.2) is 18.0 Å². The Kier molecular flexibility index (Phi) is 7.23. The van der Waals surface area contributed by atoms with E-state index in [2.05, 4.69) is 4.94 Å². The van der Waals surface area contributed by atoms with Gasteiger partial charge >= 0.3 is 11.9 Å². The maximum atomic E-state index is 11.2. The maximum absolute atomic E-state index is 11.2. The second-order valence-corrected chi connectivity index (χ2v) is 3.12. The smallest absolute Gasteiger partial charge is 0.372 e. The fourth-order valence-electron chi connectivity index (χ4n) is 0.950. The lowest BCUT2D eigenvalue weighted by molar-refractivity contribution is -0.176. The highest BCUT2D eigenvalue weighted by atomic mass is 19.3. The Morgan fingerprint density at radius 1 is 1.33 bits per heavy atom. The molecule has 0 amide bonds. The lowest BCUT2D eigenvalue weighted by Gasteiger charge is -2.10. The van der Waals surface area contributed by atoms with Crippen molar-refractivity contribution in [2.45, 2.75) is 39.2 Å². The highest BCUT2D eigenvalue weighted by Crippen LogP contribution is 2.04. The molecule has 0 rings (SSSR count). The number of hydrogen-bond acceptors (Lipinski definition) is 4. The van der Waals surface area contributed by atoms with Crippen molar-refractivity contribution >= 4 is 11.9 Å². The molecule has 0 aliphatic rings. The van der Waals surface area contributed by atoms with E-state index in [0.29, 0.717) is 6.08 Å². The van der Waals surface area contributed by atoms with Gasteiger partial charge in [0, 0.05) is 16.7 Å². The molecule has 0 fully saturated rings. The average molecular weight is 218 g/mol. The van der Waals surface area contributed by atoms with Crippen LogP contribution >= 0.6 is 0 Å². The molecule has 0 saturated carbocycles. The first-order chi connectivity index (χ1) is 7.10. The van der Waals surface area contributed by atoms with Gasteiger partial charge in [0.15, 0.2) is 0 Å². The zero-order chi connectivity index (χ0) is 11.7. The maximum Gasteiger partial charge on any atom is 0.372 e. The molecular formula is C10H15FO4. The fourth-order valence-corrected chi connectivity index (χ4v) is 0.950. The van der Waals surface area contributed by atoms with E-state index in [9.17, 15) is 14.1 Å². The Morgan fingerprint density at radius 3 is 2.47 bits per heavy atom. The van der Waals surface area contributed by atoms with Gasteiger partial charge in [-0.3, -0.25) is 4.94 Å². The lowest BCUT2D eigenvalue weighted by Crippen LogP contribution is -2.13. The van der Waals surface area contributed by atoms with Crippen molar-refractivity contribution in [3.63, 3.8) is 0 Å². The normalized spacial score (nSPS) is 12.5. The number of hydrogen-bond donors (Lipinski definition) is 0. The monoisotopic (exact) mass is 218 g/mol. The van der Waals surface area contributed by atoms with Crippen LogP contribution in [0.4, 0.5) is 4.53 Å². The van der Waals surface area contributed by atoms with Crippen molar-refractivity contribution in [2.24, 2.45) is 0 Å². The summed E-state index contributed by atoms with van der Waals surface area (Å²) in [7, 11) is 0. The number of carbonyl (C=O) groups is 2. The van der Waals surface area contributed by atoms with E-state index >= 15 is 0 Å². The Bertz CT molecular complexity index is 238. The molecule has 0 saturated heterocycles. The summed E-state index contributed by atoms with van der Waals surface area (Å²) in [5.74, 6) is -1.91. The highest BCUT2D eigenvalue weighted by Gasteiger charge is 2.06. The zero-order valence-corrected chi connectivity index (χ0v) is 8.86. The molecule has 15 heavy (non-hydrogen) atoms. The summed E-state index contributed by atoms with van der Waals surface area (Å²) in [5, 5.41) is 0. The van der Waals surface area contributed by atoms with Crippen LogP contribution in [0.3, 0.4) is 0 Å². The first-order valence-corrected chi connectivity index (χ1v) is 4.81. The topological polar surface area (TPSA) is 52.6 Å². The minimum absolute atomic E-state index is 0.205. The van der Waals surface area contributed by atoms with Crippen molar-refractivity contribution in [3.8, 4) is 0 Å². The van der Waals surface area contributed by atoms with Gasteiger partial charge in [0.1, 0.15) is 0 Å². The molecule has 5 heteroatoms. The molecule has 0 bridgehead atoms. The van der Waals surface area contributed by atoms with Crippen molar-refractivity contribution < 1.29 is 23.8 Å². The summed E-state index contributed by atoms with van der Waals surface area (Å²) in [6, 6.07) is 0. The summed E-state index contributed by atoms with van der Waals surface area (Å²) in [5.41, 5.74) is 0. The zero-order valence-electron chi connectivity index (χ0n) is 8.86. The molecule has 0 spiro atoms. The summed E-state index contributed by atoms with van der Waals surface area (Å²) in [6.45, 7) is 3.79. The molecule has 1 unspecified atom stereocenters. The number of rotatable bonds is 6. The average Bonchev–Trinajstić information content (AvgIpc) is 2.22. The van der Waals surface area contributed by atoms with Gasteiger partial charge < -0.3 is 4.74 Å². The lowest BCUT2D eigenvalue weighted by atomic mass is 10.2. The predicted molar refractivity (Wildman–Crippen MR) is 51.4 cm³/mol. The largest absolute Gasteiger partial charge is 0.460 e. The van der Waals surface area contributed by atoms with E-state index in [1.165, 1.54) is 0 Å². The molecule has 0 N–H and O–H groups in total. The van der Waals surface area contributed by atoms with E-state index in [1.807, 2.05) is 6.92 Å². The van der Waals surface area contributed by atoms with Gasteiger partial charge in [-0.1, -0.05) is 19.8 Å². The van der Waals surface area contributed by atoms with Crippen LogP contribution in [0.15, 0.2) is 12.2 Å². The fraction of sp³-hybridized carbons (Fsp3) is 0.600. The van der Waals surface area contributed by atoms with Gasteiger partial charge in [0.2, 0.25) is 0 Å². The van der Waals surface area contributed by atoms with Gasteiger partial charge in [0.25, 0.3) is 0 Å². The second-order valence-electron chi connectivity index (χ2n) is 3.12. The van der Waals surface area contributed by atoms with Gasteiger partial charge in [-0.05, 0) is 13.3 Å². The van der Waals surface area contributed by atoms with Crippen LogP contribution < -0.4 is 0 Å². The molecule has 0 heterocycles. The third-order valence-corrected chi connectivity index (χ3v) is 1.71. The van der Waals surface area contributed by atoms with Crippen LogP contribution in [0.25, 0.3) is 0 Å². The number of ether oxygens (including phenoxy) is 1. The molecule has 86 valence electrons. The Morgan fingerprint density at radius 2 is 1.93 bits per heavy atom. The van der Waals surface area contributed by atoms with Crippen molar-refractivity contribution in [1.82, 2.24) is 0 Å². The summed E-state index contributed by atoms with van der Waals surface area (Å²) >= 11 is 0. The number of esters is 1. The SMILES string of the molecule is CCCCC(C)OC(=O)/C=C\C(=O)OF. The molecule has 0 aromatic heterocycles. The van der Waals surface area contributed by atoms with Gasteiger partial charge in [-0.25, -0.2) is 9.59 Å². The van der Waals surface area contributed by atoms with E-state index in [1.54, 1.807) is 6.92 Å². The molecular weight excluding hydrogens is 203 g/mol. The van der Waals surface area contributed by atoms with Crippen LogP contribution in [-0.2, 0) is 19.3 Å². The van der Waals surface area contributed by atoms with Crippen molar-refractivity contribution in [2.75, 3.05) is 0 Å².